The Morgan fingerprint density at radius 1 is 1.11 bits per heavy atom. The average Bonchev–Trinajstić information content (AvgIpc) is 2.79. The molecule has 2 amide bonds. The summed E-state index contributed by atoms with van der Waals surface area (Å²) in [6.07, 6.45) is 0.972. The first-order valence-corrected chi connectivity index (χ1v) is 13.8. The SMILES string of the molecule is Cc1ccccc1C(=O)Nc1ccc(S(=O)(=O)NC(C)C2CCN(C(=O)OC(C)(C)C)CC2)cc1Cl. The number of benzene rings is 2. The molecule has 1 unspecified atom stereocenters. The fourth-order valence-corrected chi connectivity index (χ4v) is 5.73. The minimum Gasteiger partial charge on any atom is -0.444 e. The number of likely N-dealkylation sites (tertiary alicyclic amines) is 1. The molecule has 1 aliphatic rings. The van der Waals surface area contributed by atoms with Gasteiger partial charge in [-0.05, 0) is 83.2 Å². The summed E-state index contributed by atoms with van der Waals surface area (Å²) in [5.41, 5.74) is 1.10. The third-order valence-corrected chi connectivity index (χ3v) is 8.00. The van der Waals surface area contributed by atoms with Crippen molar-refractivity contribution in [1.82, 2.24) is 9.62 Å². The lowest BCUT2D eigenvalue weighted by atomic mass is 9.91. The Hall–Kier alpha value is -2.62. The molecule has 1 heterocycles. The first-order chi connectivity index (χ1) is 16.8. The van der Waals surface area contributed by atoms with Crippen LogP contribution in [0.1, 0.15) is 56.5 Å². The fraction of sp³-hybridized carbons (Fsp3) is 0.462. The van der Waals surface area contributed by atoms with Gasteiger partial charge < -0.3 is 15.0 Å². The van der Waals surface area contributed by atoms with E-state index in [-0.39, 0.29) is 33.9 Å². The number of sulfonamides is 1. The summed E-state index contributed by atoms with van der Waals surface area (Å²) in [6, 6.07) is 11.0. The van der Waals surface area contributed by atoms with Crippen molar-refractivity contribution in [3.63, 3.8) is 0 Å². The molecule has 0 saturated carbocycles. The number of nitrogens with one attached hydrogen (secondary N) is 2. The van der Waals surface area contributed by atoms with E-state index in [0.717, 1.165) is 5.56 Å². The van der Waals surface area contributed by atoms with Crippen molar-refractivity contribution in [1.29, 1.82) is 0 Å². The molecule has 0 aromatic heterocycles. The summed E-state index contributed by atoms with van der Waals surface area (Å²) in [6.45, 7) is 10.1. The van der Waals surface area contributed by atoms with Crippen LogP contribution >= 0.6 is 11.6 Å². The largest absolute Gasteiger partial charge is 0.444 e. The van der Waals surface area contributed by atoms with Gasteiger partial charge in [0.25, 0.3) is 5.91 Å². The van der Waals surface area contributed by atoms with E-state index in [4.69, 9.17) is 16.3 Å². The number of hydrogen-bond donors (Lipinski definition) is 2. The van der Waals surface area contributed by atoms with Crippen molar-refractivity contribution in [3.8, 4) is 0 Å². The minimum atomic E-state index is -3.84. The van der Waals surface area contributed by atoms with E-state index in [1.54, 1.807) is 17.0 Å². The second-order valence-corrected chi connectivity index (χ2v) is 12.2. The van der Waals surface area contributed by atoms with Gasteiger partial charge >= 0.3 is 6.09 Å². The zero-order valence-electron chi connectivity index (χ0n) is 21.3. The number of anilines is 1. The van der Waals surface area contributed by atoms with Gasteiger partial charge in [0.15, 0.2) is 0 Å². The zero-order chi connectivity index (χ0) is 26.7. The van der Waals surface area contributed by atoms with Crippen LogP contribution in [0.4, 0.5) is 10.5 Å². The molecule has 196 valence electrons. The summed E-state index contributed by atoms with van der Waals surface area (Å²) in [7, 11) is -3.84. The number of ether oxygens (including phenoxy) is 1. The lowest BCUT2D eigenvalue weighted by Gasteiger charge is -2.35. The quantitative estimate of drug-likeness (QED) is 0.528. The highest BCUT2D eigenvalue weighted by Crippen LogP contribution is 2.28. The molecule has 0 radical (unpaired) electrons. The predicted molar refractivity (Wildman–Crippen MR) is 141 cm³/mol. The molecule has 2 aromatic rings. The third-order valence-electron chi connectivity index (χ3n) is 6.13. The molecule has 0 aliphatic carbocycles. The van der Waals surface area contributed by atoms with Gasteiger partial charge in [-0.3, -0.25) is 4.79 Å². The van der Waals surface area contributed by atoms with Crippen molar-refractivity contribution in [3.05, 3.63) is 58.6 Å². The second kappa shape index (κ2) is 11.2. The Kier molecular flexibility index (Phi) is 8.69. The van der Waals surface area contributed by atoms with Crippen molar-refractivity contribution in [2.45, 2.75) is 64.0 Å². The van der Waals surface area contributed by atoms with Crippen LogP contribution in [-0.4, -0.2) is 50.1 Å². The van der Waals surface area contributed by atoms with Crippen LogP contribution in [0.2, 0.25) is 5.02 Å². The predicted octanol–water partition coefficient (Wildman–Crippen LogP) is 5.21. The molecule has 1 fully saturated rings. The van der Waals surface area contributed by atoms with Gasteiger partial charge in [-0.1, -0.05) is 29.8 Å². The maximum absolute atomic E-state index is 13.0. The van der Waals surface area contributed by atoms with E-state index < -0.39 is 15.6 Å². The van der Waals surface area contributed by atoms with Crippen LogP contribution in [0.25, 0.3) is 0 Å². The van der Waals surface area contributed by atoms with E-state index in [2.05, 4.69) is 10.0 Å². The molecule has 0 spiro atoms. The van der Waals surface area contributed by atoms with Gasteiger partial charge in [-0.15, -0.1) is 0 Å². The number of carbonyl (C=O) groups is 2. The molecular weight excluding hydrogens is 502 g/mol. The van der Waals surface area contributed by atoms with Gasteiger partial charge in [0.2, 0.25) is 10.0 Å². The van der Waals surface area contributed by atoms with E-state index in [1.165, 1.54) is 18.2 Å². The van der Waals surface area contributed by atoms with Crippen molar-refractivity contribution in [2.75, 3.05) is 18.4 Å². The van der Waals surface area contributed by atoms with Gasteiger partial charge in [0.05, 0.1) is 15.6 Å². The lowest BCUT2D eigenvalue weighted by Crippen LogP contribution is -2.46. The maximum Gasteiger partial charge on any atom is 0.410 e. The molecule has 2 N–H and O–H groups in total. The number of carbonyl (C=O) groups excluding carboxylic acids is 2. The van der Waals surface area contributed by atoms with Crippen LogP contribution in [0, 0.1) is 12.8 Å². The highest BCUT2D eigenvalue weighted by molar-refractivity contribution is 7.89. The Morgan fingerprint density at radius 2 is 1.75 bits per heavy atom. The number of halogens is 1. The summed E-state index contributed by atoms with van der Waals surface area (Å²) in [5.74, 6) is -0.253. The molecule has 1 saturated heterocycles. The normalized spacial score (nSPS) is 15.9. The van der Waals surface area contributed by atoms with E-state index in [0.29, 0.717) is 37.2 Å². The van der Waals surface area contributed by atoms with Gasteiger partial charge in [0, 0.05) is 24.7 Å². The third kappa shape index (κ3) is 7.21. The smallest absolute Gasteiger partial charge is 0.410 e. The number of amides is 2. The molecule has 0 bridgehead atoms. The number of nitrogens with zero attached hydrogens (tertiary/aromatic N) is 1. The van der Waals surface area contributed by atoms with Crippen LogP contribution in [0.5, 0.6) is 0 Å². The highest BCUT2D eigenvalue weighted by atomic mass is 35.5. The van der Waals surface area contributed by atoms with E-state index in [1.807, 2.05) is 46.8 Å². The molecule has 1 atom stereocenters. The van der Waals surface area contributed by atoms with Crippen LogP contribution < -0.4 is 10.0 Å². The average molecular weight is 536 g/mol. The minimum absolute atomic E-state index is 0.0134. The van der Waals surface area contributed by atoms with Crippen molar-refractivity contribution >= 4 is 39.3 Å². The van der Waals surface area contributed by atoms with Gasteiger partial charge in [-0.25, -0.2) is 17.9 Å². The highest BCUT2D eigenvalue weighted by Gasteiger charge is 2.31. The van der Waals surface area contributed by atoms with E-state index >= 15 is 0 Å². The standard InChI is InChI=1S/C26H34ClN3O5S/c1-17-8-6-7-9-21(17)24(31)28-23-11-10-20(16-22(23)27)36(33,34)29-18(2)19-12-14-30(15-13-19)25(32)35-26(3,4)5/h6-11,16,18-19,29H,12-15H2,1-5H3,(H,28,31). The molecule has 3 rings (SSSR count). The van der Waals surface area contributed by atoms with Gasteiger partial charge in [0.1, 0.15) is 5.60 Å². The number of piperidine rings is 1. The number of hydrogen-bond acceptors (Lipinski definition) is 5. The zero-order valence-corrected chi connectivity index (χ0v) is 22.9. The fourth-order valence-electron chi connectivity index (χ4n) is 4.10. The summed E-state index contributed by atoms with van der Waals surface area (Å²) in [4.78, 5) is 26.5. The molecule has 36 heavy (non-hydrogen) atoms. The molecule has 2 aromatic carbocycles. The van der Waals surface area contributed by atoms with Gasteiger partial charge in [-0.2, -0.15) is 0 Å². The Bertz CT molecular complexity index is 1220. The Balaban J connectivity index is 1.61. The number of rotatable bonds is 6. The summed E-state index contributed by atoms with van der Waals surface area (Å²) >= 11 is 6.33. The summed E-state index contributed by atoms with van der Waals surface area (Å²) in [5, 5.41) is 2.86. The molecule has 1 aliphatic heterocycles. The maximum atomic E-state index is 13.0. The van der Waals surface area contributed by atoms with Crippen LogP contribution in [0.15, 0.2) is 47.4 Å². The first-order valence-electron chi connectivity index (χ1n) is 11.9. The molecule has 10 heteroatoms. The monoisotopic (exact) mass is 535 g/mol. The Morgan fingerprint density at radius 3 is 2.33 bits per heavy atom. The van der Waals surface area contributed by atoms with Crippen LogP contribution in [0.3, 0.4) is 0 Å². The van der Waals surface area contributed by atoms with Crippen LogP contribution in [-0.2, 0) is 14.8 Å². The summed E-state index contributed by atoms with van der Waals surface area (Å²) < 4.78 is 34.2. The number of aryl methyl sites for hydroxylation is 1. The van der Waals surface area contributed by atoms with Crippen molar-refractivity contribution < 1.29 is 22.7 Å². The van der Waals surface area contributed by atoms with E-state index in [9.17, 15) is 18.0 Å². The Labute approximate surface area is 218 Å². The molecule has 8 nitrogen and oxygen atoms in total. The second-order valence-electron chi connectivity index (χ2n) is 10.1. The topological polar surface area (TPSA) is 105 Å². The lowest BCUT2D eigenvalue weighted by molar-refractivity contribution is 0.0174. The molecular formula is C26H34ClN3O5S. The van der Waals surface area contributed by atoms with Crippen molar-refractivity contribution in [2.24, 2.45) is 5.92 Å². The first kappa shape index (κ1) is 28.0.